The van der Waals surface area contributed by atoms with Crippen LogP contribution in [0.3, 0.4) is 0 Å². The fraction of sp³-hybridized carbons (Fsp3) is 0.360. The minimum absolute atomic E-state index is 0.190. The molecule has 8 nitrogen and oxygen atoms in total. The molecular formula is C25H33N7O. The van der Waals surface area contributed by atoms with Gasteiger partial charge in [0.15, 0.2) is 5.75 Å². The summed E-state index contributed by atoms with van der Waals surface area (Å²) in [5.41, 5.74) is 11.1. The summed E-state index contributed by atoms with van der Waals surface area (Å²) in [4.78, 5) is 14.8. The Bertz CT molecular complexity index is 1200. The summed E-state index contributed by atoms with van der Waals surface area (Å²) < 4.78 is 5.57. The molecule has 0 amide bonds. The van der Waals surface area contributed by atoms with Crippen molar-refractivity contribution < 1.29 is 4.74 Å². The van der Waals surface area contributed by atoms with Crippen LogP contribution in [0.1, 0.15) is 12.0 Å². The van der Waals surface area contributed by atoms with Crippen molar-refractivity contribution in [3.05, 3.63) is 60.1 Å². The maximum absolute atomic E-state index is 6.57. The number of aromatic amines is 1. The number of ether oxygens (including phenoxy) is 1. The van der Waals surface area contributed by atoms with Gasteiger partial charge >= 0.3 is 0 Å². The zero-order chi connectivity index (χ0) is 23.6. The SMILES string of the molecule is CNC1(CCN(C)C)C=CC(Nc2ncc(OC)c(-c3c[nH]c4c(C)cccc34)n2)=CC1N. The molecule has 174 valence electrons. The number of hydrogen-bond donors (Lipinski definition) is 4. The summed E-state index contributed by atoms with van der Waals surface area (Å²) in [7, 11) is 7.72. The Morgan fingerprint density at radius 2 is 2.12 bits per heavy atom. The molecule has 0 fully saturated rings. The highest BCUT2D eigenvalue weighted by molar-refractivity contribution is 5.97. The first kappa shape index (κ1) is 23.0. The van der Waals surface area contributed by atoms with Crippen molar-refractivity contribution in [3.63, 3.8) is 0 Å². The highest BCUT2D eigenvalue weighted by Crippen LogP contribution is 2.35. The molecule has 8 heteroatoms. The van der Waals surface area contributed by atoms with Gasteiger partial charge in [0.2, 0.25) is 5.95 Å². The van der Waals surface area contributed by atoms with E-state index in [0.717, 1.165) is 40.8 Å². The third-order valence-corrected chi connectivity index (χ3v) is 6.36. The predicted octanol–water partition coefficient (Wildman–Crippen LogP) is 3.04. The molecule has 33 heavy (non-hydrogen) atoms. The van der Waals surface area contributed by atoms with Gasteiger partial charge in [0.25, 0.3) is 0 Å². The number of likely N-dealkylation sites (N-methyl/N-ethyl adjacent to an activating group) is 1. The number of H-pyrrole nitrogens is 1. The molecule has 2 atom stereocenters. The number of benzene rings is 1. The van der Waals surface area contributed by atoms with Crippen LogP contribution >= 0.6 is 0 Å². The predicted molar refractivity (Wildman–Crippen MR) is 134 cm³/mol. The van der Waals surface area contributed by atoms with Gasteiger partial charge in [0, 0.05) is 34.4 Å². The van der Waals surface area contributed by atoms with Gasteiger partial charge in [0.05, 0.1) is 18.8 Å². The van der Waals surface area contributed by atoms with E-state index in [4.69, 9.17) is 15.5 Å². The molecule has 0 saturated carbocycles. The summed E-state index contributed by atoms with van der Waals surface area (Å²) in [6.07, 6.45) is 10.8. The summed E-state index contributed by atoms with van der Waals surface area (Å²) in [5, 5.41) is 7.82. The number of fused-ring (bicyclic) bond motifs is 1. The molecule has 4 rings (SSSR count). The molecule has 2 aromatic heterocycles. The second-order valence-electron chi connectivity index (χ2n) is 8.76. The molecule has 0 saturated heterocycles. The van der Waals surface area contributed by atoms with Crippen LogP contribution in [-0.4, -0.2) is 66.2 Å². The van der Waals surface area contributed by atoms with E-state index in [-0.39, 0.29) is 11.6 Å². The lowest BCUT2D eigenvalue weighted by Gasteiger charge is -2.38. The number of nitrogens with one attached hydrogen (secondary N) is 3. The third-order valence-electron chi connectivity index (χ3n) is 6.36. The summed E-state index contributed by atoms with van der Waals surface area (Å²) >= 11 is 0. The van der Waals surface area contributed by atoms with Crippen LogP contribution in [0, 0.1) is 6.92 Å². The van der Waals surface area contributed by atoms with Crippen LogP contribution in [0.2, 0.25) is 0 Å². The smallest absolute Gasteiger partial charge is 0.227 e. The van der Waals surface area contributed by atoms with E-state index in [9.17, 15) is 0 Å². The number of nitrogens with two attached hydrogens (primary N) is 1. The lowest BCUT2D eigenvalue weighted by Crippen LogP contribution is -2.57. The molecule has 1 aliphatic carbocycles. The molecule has 0 spiro atoms. The zero-order valence-electron chi connectivity index (χ0n) is 19.9. The van der Waals surface area contributed by atoms with Crippen LogP contribution in [0.25, 0.3) is 22.2 Å². The van der Waals surface area contributed by atoms with E-state index in [0.29, 0.717) is 11.7 Å². The van der Waals surface area contributed by atoms with Crippen LogP contribution in [0.4, 0.5) is 5.95 Å². The van der Waals surface area contributed by atoms with Crippen LogP contribution in [0.5, 0.6) is 5.75 Å². The van der Waals surface area contributed by atoms with E-state index in [2.05, 4.69) is 64.7 Å². The van der Waals surface area contributed by atoms with E-state index in [1.54, 1.807) is 13.3 Å². The number of methoxy groups -OCH3 is 1. The first-order valence-corrected chi connectivity index (χ1v) is 11.1. The molecule has 2 heterocycles. The van der Waals surface area contributed by atoms with Gasteiger partial charge < -0.3 is 31.0 Å². The number of aryl methyl sites for hydroxylation is 1. The molecule has 0 radical (unpaired) electrons. The zero-order valence-corrected chi connectivity index (χ0v) is 19.9. The Hall–Kier alpha value is -3.20. The largest absolute Gasteiger partial charge is 0.493 e. The minimum atomic E-state index is -0.288. The first-order valence-electron chi connectivity index (χ1n) is 11.1. The number of aromatic nitrogens is 3. The van der Waals surface area contributed by atoms with Gasteiger partial charge in [-0.2, -0.15) is 0 Å². The van der Waals surface area contributed by atoms with Crippen molar-refractivity contribution in [3.8, 4) is 17.0 Å². The van der Waals surface area contributed by atoms with Gasteiger partial charge in [-0.05, 0) is 58.7 Å². The topological polar surface area (TPSA) is 104 Å². The summed E-state index contributed by atoms with van der Waals surface area (Å²) in [6.45, 7) is 3.02. The average Bonchev–Trinajstić information content (AvgIpc) is 3.24. The highest BCUT2D eigenvalue weighted by atomic mass is 16.5. The standard InChI is InChI=1S/C25H33N7O/c1-16-7-6-8-18-19(14-28-22(16)18)23-20(33-5)15-29-24(31-23)30-17-9-10-25(27-2,21(26)13-17)11-12-32(3)4/h6-10,13-15,21,27-28H,11-12,26H2,1-5H3,(H,29,30,31). The van der Waals surface area contributed by atoms with Gasteiger partial charge in [-0.25, -0.2) is 9.97 Å². The maximum Gasteiger partial charge on any atom is 0.227 e. The lowest BCUT2D eigenvalue weighted by molar-refractivity contribution is 0.300. The second kappa shape index (κ2) is 9.35. The monoisotopic (exact) mass is 447 g/mol. The van der Waals surface area contributed by atoms with Crippen molar-refractivity contribution in [2.75, 3.05) is 40.1 Å². The minimum Gasteiger partial charge on any atom is -0.493 e. The van der Waals surface area contributed by atoms with E-state index < -0.39 is 0 Å². The first-order chi connectivity index (χ1) is 15.9. The van der Waals surface area contributed by atoms with Gasteiger partial charge in [-0.15, -0.1) is 0 Å². The fourth-order valence-electron chi connectivity index (χ4n) is 4.27. The van der Waals surface area contributed by atoms with E-state index >= 15 is 0 Å². The Kier molecular flexibility index (Phi) is 6.51. The molecule has 0 aliphatic heterocycles. The Labute approximate surface area is 194 Å². The van der Waals surface area contributed by atoms with Crippen LogP contribution in [-0.2, 0) is 0 Å². The maximum atomic E-state index is 6.57. The van der Waals surface area contributed by atoms with Gasteiger partial charge in [-0.3, -0.25) is 0 Å². The van der Waals surface area contributed by atoms with Crippen molar-refractivity contribution in [2.45, 2.75) is 24.9 Å². The molecule has 2 unspecified atom stereocenters. The number of para-hydroxylation sites is 1. The average molecular weight is 448 g/mol. The molecule has 0 bridgehead atoms. The highest BCUT2D eigenvalue weighted by Gasteiger charge is 2.33. The molecular weight excluding hydrogens is 414 g/mol. The van der Waals surface area contributed by atoms with Crippen molar-refractivity contribution >= 4 is 16.9 Å². The summed E-state index contributed by atoms with van der Waals surface area (Å²) in [5.74, 6) is 1.10. The van der Waals surface area contributed by atoms with Crippen molar-refractivity contribution in [1.29, 1.82) is 0 Å². The Morgan fingerprint density at radius 1 is 1.30 bits per heavy atom. The van der Waals surface area contributed by atoms with Gasteiger partial charge in [-0.1, -0.05) is 24.3 Å². The number of rotatable bonds is 8. The Morgan fingerprint density at radius 3 is 2.82 bits per heavy atom. The van der Waals surface area contributed by atoms with E-state index in [1.807, 2.05) is 31.5 Å². The van der Waals surface area contributed by atoms with Crippen molar-refractivity contribution in [2.24, 2.45) is 5.73 Å². The fourth-order valence-corrected chi connectivity index (χ4v) is 4.27. The molecule has 1 aliphatic rings. The van der Waals surface area contributed by atoms with Gasteiger partial charge in [0.1, 0.15) is 5.69 Å². The lowest BCUT2D eigenvalue weighted by atomic mass is 9.83. The third kappa shape index (κ3) is 4.50. The number of hydrogen-bond acceptors (Lipinski definition) is 7. The van der Waals surface area contributed by atoms with Crippen LogP contribution < -0.4 is 21.1 Å². The normalized spacial score (nSPS) is 20.3. The quantitative estimate of drug-likeness (QED) is 0.421. The second-order valence-corrected chi connectivity index (χ2v) is 8.76. The number of anilines is 1. The molecule has 3 aromatic rings. The Balaban J connectivity index is 1.62. The summed E-state index contributed by atoms with van der Waals surface area (Å²) in [6, 6.07) is 6.02. The molecule has 5 N–H and O–H groups in total. The van der Waals surface area contributed by atoms with Crippen molar-refractivity contribution in [1.82, 2.24) is 25.2 Å². The number of nitrogens with zero attached hydrogens (tertiary/aromatic N) is 3. The number of allylic oxidation sites excluding steroid dienone is 1. The van der Waals surface area contributed by atoms with Crippen LogP contribution in [0.15, 0.2) is 54.5 Å². The van der Waals surface area contributed by atoms with E-state index in [1.165, 1.54) is 5.56 Å². The molecule has 1 aromatic carbocycles.